The van der Waals surface area contributed by atoms with Gasteiger partial charge in [0.1, 0.15) is 0 Å². The molecular weight excluding hydrogens is 276 g/mol. The minimum absolute atomic E-state index is 0.779. The zero-order valence-corrected chi connectivity index (χ0v) is 14.3. The van der Waals surface area contributed by atoms with E-state index in [1.807, 2.05) is 0 Å². The van der Waals surface area contributed by atoms with Crippen molar-refractivity contribution in [3.63, 3.8) is 0 Å². The first-order chi connectivity index (χ1) is 10.3. The second-order valence-corrected chi connectivity index (χ2v) is 8.08. The number of aromatic nitrogens is 1. The zero-order valence-electron chi connectivity index (χ0n) is 13.4. The molecule has 2 aliphatic rings. The number of nitrogens with zero attached hydrogens (tertiary/aromatic N) is 1. The Morgan fingerprint density at radius 2 is 1.86 bits per heavy atom. The summed E-state index contributed by atoms with van der Waals surface area (Å²) in [6.45, 7) is 3.21. The van der Waals surface area contributed by atoms with Crippen LogP contribution >= 0.6 is 11.3 Å². The number of hydrogen-bond acceptors (Lipinski definition) is 3. The topological polar surface area (TPSA) is 24.9 Å². The quantitative estimate of drug-likeness (QED) is 0.851. The van der Waals surface area contributed by atoms with E-state index in [0.29, 0.717) is 0 Å². The van der Waals surface area contributed by atoms with Gasteiger partial charge >= 0.3 is 0 Å². The first kappa shape index (κ1) is 15.5. The monoisotopic (exact) mass is 306 g/mol. The highest BCUT2D eigenvalue weighted by Gasteiger charge is 2.31. The fourth-order valence-corrected chi connectivity index (χ4v) is 5.10. The van der Waals surface area contributed by atoms with Crippen molar-refractivity contribution in [3.05, 3.63) is 16.1 Å². The summed E-state index contributed by atoms with van der Waals surface area (Å²) in [6, 6.07) is 0.779. The van der Waals surface area contributed by atoms with Crippen LogP contribution in [0.3, 0.4) is 0 Å². The Labute approximate surface area is 133 Å². The molecule has 21 heavy (non-hydrogen) atoms. The molecule has 1 aromatic rings. The van der Waals surface area contributed by atoms with E-state index < -0.39 is 0 Å². The van der Waals surface area contributed by atoms with E-state index in [0.717, 1.165) is 30.8 Å². The molecule has 2 unspecified atom stereocenters. The molecule has 0 spiro atoms. The summed E-state index contributed by atoms with van der Waals surface area (Å²) in [7, 11) is 0. The first-order valence-electron chi connectivity index (χ1n) is 8.97. The Kier molecular flexibility index (Phi) is 5.70. The molecule has 0 aromatic carbocycles. The summed E-state index contributed by atoms with van der Waals surface area (Å²) in [5.41, 5.74) is 1.27. The van der Waals surface area contributed by atoms with Gasteiger partial charge in [-0.3, -0.25) is 0 Å². The van der Waals surface area contributed by atoms with Gasteiger partial charge in [-0.15, -0.1) is 11.3 Å². The molecule has 0 radical (unpaired) electrons. The van der Waals surface area contributed by atoms with E-state index in [4.69, 9.17) is 0 Å². The van der Waals surface area contributed by atoms with Gasteiger partial charge in [0.15, 0.2) is 0 Å². The van der Waals surface area contributed by atoms with E-state index in [1.54, 1.807) is 11.3 Å². The number of nitrogens with one attached hydrogen (secondary N) is 1. The Morgan fingerprint density at radius 3 is 2.62 bits per heavy atom. The van der Waals surface area contributed by atoms with Gasteiger partial charge in [0, 0.05) is 24.4 Å². The van der Waals surface area contributed by atoms with Crippen molar-refractivity contribution < 1.29 is 0 Å². The zero-order chi connectivity index (χ0) is 14.5. The summed E-state index contributed by atoms with van der Waals surface area (Å²) in [5.74, 6) is 1.97. The highest BCUT2D eigenvalue weighted by Crippen LogP contribution is 2.38. The Bertz CT molecular complexity index is 423. The predicted molar refractivity (Wildman–Crippen MR) is 90.9 cm³/mol. The highest BCUT2D eigenvalue weighted by molar-refractivity contribution is 7.09. The van der Waals surface area contributed by atoms with Crippen LogP contribution in [0.2, 0.25) is 0 Å². The van der Waals surface area contributed by atoms with Crippen molar-refractivity contribution in [2.75, 3.05) is 6.54 Å². The van der Waals surface area contributed by atoms with Crippen molar-refractivity contribution in [3.8, 4) is 0 Å². The van der Waals surface area contributed by atoms with Crippen LogP contribution in [0.4, 0.5) is 0 Å². The third-order valence-corrected chi connectivity index (χ3v) is 6.35. The van der Waals surface area contributed by atoms with Gasteiger partial charge < -0.3 is 5.32 Å². The minimum Gasteiger partial charge on any atom is -0.313 e. The molecule has 2 aliphatic carbocycles. The van der Waals surface area contributed by atoms with Crippen LogP contribution in [0.25, 0.3) is 0 Å². The summed E-state index contributed by atoms with van der Waals surface area (Å²) in [4.78, 5) is 4.58. The average molecular weight is 307 g/mol. The predicted octanol–water partition coefficient (Wildman–Crippen LogP) is 4.72. The maximum absolute atomic E-state index is 4.58. The van der Waals surface area contributed by atoms with Crippen molar-refractivity contribution >= 4 is 11.3 Å². The van der Waals surface area contributed by atoms with Crippen LogP contribution in [-0.4, -0.2) is 17.6 Å². The van der Waals surface area contributed by atoms with Gasteiger partial charge in [-0.2, -0.15) is 0 Å². The lowest BCUT2D eigenvalue weighted by atomic mass is 9.71. The van der Waals surface area contributed by atoms with E-state index in [2.05, 4.69) is 22.6 Å². The molecule has 1 aromatic heterocycles. The summed E-state index contributed by atoms with van der Waals surface area (Å²) in [6.07, 6.45) is 14.3. The van der Waals surface area contributed by atoms with E-state index in [-0.39, 0.29) is 0 Å². The van der Waals surface area contributed by atoms with Crippen LogP contribution < -0.4 is 5.32 Å². The molecule has 2 atom stereocenters. The summed E-state index contributed by atoms with van der Waals surface area (Å²) >= 11 is 1.77. The number of hydrogen-bond donors (Lipinski definition) is 1. The molecule has 2 fully saturated rings. The molecule has 0 aliphatic heterocycles. The van der Waals surface area contributed by atoms with E-state index >= 15 is 0 Å². The van der Waals surface area contributed by atoms with Gasteiger partial charge in [-0.25, -0.2) is 4.98 Å². The lowest BCUT2D eigenvalue weighted by Gasteiger charge is -2.39. The lowest BCUT2D eigenvalue weighted by molar-refractivity contribution is 0.150. The van der Waals surface area contributed by atoms with Crippen molar-refractivity contribution in [1.29, 1.82) is 0 Å². The maximum atomic E-state index is 4.58. The van der Waals surface area contributed by atoms with Gasteiger partial charge in [0.25, 0.3) is 0 Å². The van der Waals surface area contributed by atoms with Crippen LogP contribution in [0, 0.1) is 18.8 Å². The van der Waals surface area contributed by atoms with Crippen molar-refractivity contribution in [2.45, 2.75) is 77.2 Å². The van der Waals surface area contributed by atoms with Crippen molar-refractivity contribution in [1.82, 2.24) is 10.3 Å². The molecule has 0 saturated heterocycles. The molecule has 1 heterocycles. The largest absolute Gasteiger partial charge is 0.313 e. The lowest BCUT2D eigenvalue weighted by Crippen LogP contribution is -2.43. The fourth-order valence-electron chi connectivity index (χ4n) is 4.45. The molecule has 3 rings (SSSR count). The molecule has 2 saturated carbocycles. The highest BCUT2D eigenvalue weighted by atomic mass is 32.1. The number of rotatable bonds is 5. The SMILES string of the molecule is Cc1nc(CCNC2CCCCC2C2CCCCC2)cs1. The minimum atomic E-state index is 0.779. The molecule has 0 bridgehead atoms. The van der Waals surface area contributed by atoms with Crippen LogP contribution in [0.1, 0.15) is 68.5 Å². The molecule has 0 amide bonds. The number of aryl methyl sites for hydroxylation is 1. The van der Waals surface area contributed by atoms with Gasteiger partial charge in [0.2, 0.25) is 0 Å². The molecule has 2 nitrogen and oxygen atoms in total. The van der Waals surface area contributed by atoms with Crippen LogP contribution in [0.5, 0.6) is 0 Å². The smallest absolute Gasteiger partial charge is 0.0897 e. The third kappa shape index (κ3) is 4.29. The number of thiazole rings is 1. The second-order valence-electron chi connectivity index (χ2n) is 7.01. The normalized spacial score (nSPS) is 27.9. The van der Waals surface area contributed by atoms with Crippen LogP contribution in [-0.2, 0) is 6.42 Å². The second kappa shape index (κ2) is 7.73. The Hall–Kier alpha value is -0.410. The average Bonchev–Trinajstić information content (AvgIpc) is 2.94. The third-order valence-electron chi connectivity index (χ3n) is 5.53. The van der Waals surface area contributed by atoms with Gasteiger partial charge in [0.05, 0.1) is 10.7 Å². The Morgan fingerprint density at radius 1 is 1.10 bits per heavy atom. The maximum Gasteiger partial charge on any atom is 0.0897 e. The first-order valence-corrected chi connectivity index (χ1v) is 9.85. The summed E-state index contributed by atoms with van der Waals surface area (Å²) in [5, 5.41) is 7.31. The molecule has 3 heteroatoms. The fraction of sp³-hybridized carbons (Fsp3) is 0.833. The van der Waals surface area contributed by atoms with Crippen LogP contribution in [0.15, 0.2) is 5.38 Å². The van der Waals surface area contributed by atoms with E-state index in [9.17, 15) is 0 Å². The summed E-state index contributed by atoms with van der Waals surface area (Å²) < 4.78 is 0. The standard InChI is InChI=1S/C18H30N2S/c1-14-20-16(13-21-14)11-12-19-18-10-6-5-9-17(18)15-7-3-2-4-8-15/h13,15,17-19H,2-12H2,1H3. The van der Waals surface area contributed by atoms with Gasteiger partial charge in [-0.05, 0) is 31.6 Å². The molecule has 118 valence electrons. The molecular formula is C18H30N2S. The van der Waals surface area contributed by atoms with Crippen molar-refractivity contribution in [2.24, 2.45) is 11.8 Å². The Balaban J connectivity index is 1.49. The molecule has 1 N–H and O–H groups in total. The van der Waals surface area contributed by atoms with E-state index in [1.165, 1.54) is 68.5 Å². The van der Waals surface area contributed by atoms with Gasteiger partial charge in [-0.1, -0.05) is 44.9 Å².